The Hall–Kier alpha value is -2.97. The number of nitrogens with zero attached hydrogens (tertiary/aromatic N) is 3. The van der Waals surface area contributed by atoms with Crippen LogP contribution in [0.1, 0.15) is 25.8 Å². The lowest BCUT2D eigenvalue weighted by Crippen LogP contribution is -2.09. The number of carbonyl (C=O) groups is 1. The van der Waals surface area contributed by atoms with Crippen molar-refractivity contribution in [2.24, 2.45) is 0 Å². The Morgan fingerprint density at radius 2 is 1.93 bits per heavy atom. The van der Waals surface area contributed by atoms with Gasteiger partial charge in [-0.3, -0.25) is 15.1 Å². The number of pyridine rings is 1. The second-order valence-electron chi connectivity index (χ2n) is 6.03. The number of benzene rings is 1. The molecule has 0 aliphatic rings. The van der Waals surface area contributed by atoms with Crippen LogP contribution in [0.2, 0.25) is 0 Å². The van der Waals surface area contributed by atoms with Gasteiger partial charge >= 0.3 is 0 Å². The van der Waals surface area contributed by atoms with E-state index in [2.05, 4.69) is 20.3 Å². The molecule has 0 spiro atoms. The first kappa shape index (κ1) is 18.4. The molecule has 0 saturated carbocycles. The Kier molecular flexibility index (Phi) is 5.23. The molecule has 0 aliphatic carbocycles. The minimum absolute atomic E-state index is 0.248. The average Bonchev–Trinajstić information content (AvgIpc) is 3.32. The summed E-state index contributed by atoms with van der Waals surface area (Å²) in [4.78, 5) is 27.0. The summed E-state index contributed by atoms with van der Waals surface area (Å²) in [6.45, 7) is 1.90. The third-order valence-corrected chi connectivity index (χ3v) is 6.10. The molecule has 140 valence electrons. The molecule has 0 aliphatic heterocycles. The largest absolute Gasteiger partial charge is 0.297 e. The Morgan fingerprint density at radius 3 is 2.68 bits per heavy atom. The SMILES string of the molecule is Cc1nc(NC(=O)c2cnc(-c3ccccn3)s2)sc1Cc1ccc(F)cc1. The van der Waals surface area contributed by atoms with Gasteiger partial charge in [-0.15, -0.1) is 22.7 Å². The summed E-state index contributed by atoms with van der Waals surface area (Å²) in [5.41, 5.74) is 2.58. The number of halogens is 1. The summed E-state index contributed by atoms with van der Waals surface area (Å²) in [6.07, 6.45) is 3.88. The first-order chi connectivity index (χ1) is 13.6. The summed E-state index contributed by atoms with van der Waals surface area (Å²) >= 11 is 2.70. The second-order valence-corrected chi connectivity index (χ2v) is 8.14. The minimum atomic E-state index is -0.257. The highest BCUT2D eigenvalue weighted by atomic mass is 32.1. The normalized spacial score (nSPS) is 10.8. The van der Waals surface area contributed by atoms with Gasteiger partial charge in [-0.1, -0.05) is 18.2 Å². The fourth-order valence-electron chi connectivity index (χ4n) is 2.58. The molecule has 4 aromatic rings. The van der Waals surface area contributed by atoms with Crippen molar-refractivity contribution in [3.05, 3.63) is 81.7 Å². The molecule has 5 nitrogen and oxygen atoms in total. The van der Waals surface area contributed by atoms with Crippen LogP contribution in [0.5, 0.6) is 0 Å². The van der Waals surface area contributed by atoms with Crippen molar-refractivity contribution in [3.63, 3.8) is 0 Å². The molecule has 0 radical (unpaired) electrons. The molecule has 0 fully saturated rings. The van der Waals surface area contributed by atoms with Crippen LogP contribution in [-0.4, -0.2) is 20.9 Å². The van der Waals surface area contributed by atoms with Crippen molar-refractivity contribution in [2.45, 2.75) is 13.3 Å². The predicted octanol–water partition coefficient (Wildman–Crippen LogP) is 4.95. The van der Waals surface area contributed by atoms with Crippen molar-refractivity contribution in [3.8, 4) is 10.7 Å². The summed E-state index contributed by atoms with van der Waals surface area (Å²) in [5, 5.41) is 4.06. The van der Waals surface area contributed by atoms with Crippen LogP contribution in [0.15, 0.2) is 54.9 Å². The van der Waals surface area contributed by atoms with Gasteiger partial charge in [0.1, 0.15) is 15.7 Å². The zero-order chi connectivity index (χ0) is 19.5. The van der Waals surface area contributed by atoms with Gasteiger partial charge in [-0.2, -0.15) is 0 Å². The second kappa shape index (κ2) is 7.95. The van der Waals surface area contributed by atoms with E-state index in [9.17, 15) is 9.18 Å². The highest BCUT2D eigenvalue weighted by molar-refractivity contribution is 7.17. The number of aryl methyl sites for hydroxylation is 1. The number of anilines is 1. The van der Waals surface area contributed by atoms with Gasteiger partial charge in [0, 0.05) is 17.5 Å². The minimum Gasteiger partial charge on any atom is -0.297 e. The number of nitrogens with one attached hydrogen (secondary N) is 1. The number of hydrogen-bond acceptors (Lipinski definition) is 6. The van der Waals surface area contributed by atoms with Crippen LogP contribution in [0, 0.1) is 12.7 Å². The number of carbonyl (C=O) groups excluding carboxylic acids is 1. The molecule has 28 heavy (non-hydrogen) atoms. The van der Waals surface area contributed by atoms with E-state index in [1.54, 1.807) is 24.5 Å². The van der Waals surface area contributed by atoms with E-state index in [0.29, 0.717) is 21.4 Å². The van der Waals surface area contributed by atoms with Gasteiger partial charge in [-0.05, 0) is 36.8 Å². The molecule has 0 unspecified atom stereocenters. The maximum Gasteiger partial charge on any atom is 0.269 e. The lowest BCUT2D eigenvalue weighted by molar-refractivity contribution is 0.103. The molecule has 3 heterocycles. The standard InChI is InChI=1S/C20H15FN4OS2/c1-12-16(10-13-5-7-14(21)8-6-13)28-20(24-12)25-18(26)17-11-23-19(27-17)15-4-2-3-9-22-15/h2-9,11H,10H2,1H3,(H,24,25,26). The molecule has 4 rings (SSSR count). The van der Waals surface area contributed by atoms with Gasteiger partial charge in [0.25, 0.3) is 5.91 Å². The lowest BCUT2D eigenvalue weighted by atomic mass is 10.1. The van der Waals surface area contributed by atoms with E-state index >= 15 is 0 Å². The van der Waals surface area contributed by atoms with Crippen molar-refractivity contribution in [1.29, 1.82) is 0 Å². The van der Waals surface area contributed by atoms with Crippen LogP contribution in [0.3, 0.4) is 0 Å². The Balaban J connectivity index is 1.46. The number of thiazole rings is 2. The van der Waals surface area contributed by atoms with Crippen LogP contribution in [0.4, 0.5) is 9.52 Å². The maximum absolute atomic E-state index is 13.1. The van der Waals surface area contributed by atoms with Gasteiger partial charge in [-0.25, -0.2) is 14.4 Å². The first-order valence-corrected chi connectivity index (χ1v) is 10.1. The van der Waals surface area contributed by atoms with E-state index in [4.69, 9.17) is 0 Å². The van der Waals surface area contributed by atoms with Crippen molar-refractivity contribution < 1.29 is 9.18 Å². The van der Waals surface area contributed by atoms with E-state index in [0.717, 1.165) is 21.8 Å². The molecule has 0 atom stereocenters. The van der Waals surface area contributed by atoms with Crippen LogP contribution < -0.4 is 5.32 Å². The zero-order valence-electron chi connectivity index (χ0n) is 14.8. The van der Waals surface area contributed by atoms with E-state index in [1.165, 1.54) is 34.8 Å². The third-order valence-electron chi connectivity index (χ3n) is 4.00. The van der Waals surface area contributed by atoms with E-state index in [1.807, 2.05) is 25.1 Å². The molecule has 8 heteroatoms. The molecule has 0 saturated heterocycles. The Bertz CT molecular complexity index is 1110. The summed E-state index contributed by atoms with van der Waals surface area (Å²) < 4.78 is 13.1. The molecule has 1 aromatic carbocycles. The smallest absolute Gasteiger partial charge is 0.269 e. The van der Waals surface area contributed by atoms with E-state index < -0.39 is 0 Å². The van der Waals surface area contributed by atoms with Crippen LogP contribution >= 0.6 is 22.7 Å². The maximum atomic E-state index is 13.1. The third kappa shape index (κ3) is 4.13. The molecule has 1 N–H and O–H groups in total. The van der Waals surface area contributed by atoms with Gasteiger partial charge < -0.3 is 0 Å². The predicted molar refractivity (Wildman–Crippen MR) is 109 cm³/mol. The number of aromatic nitrogens is 3. The van der Waals surface area contributed by atoms with Crippen LogP contribution in [0.25, 0.3) is 10.7 Å². The number of rotatable bonds is 5. The molecule has 1 amide bonds. The Labute approximate surface area is 169 Å². The number of amides is 1. The molecular formula is C20H15FN4OS2. The van der Waals surface area contributed by atoms with Crippen molar-refractivity contribution in [2.75, 3.05) is 5.32 Å². The first-order valence-electron chi connectivity index (χ1n) is 8.48. The number of hydrogen-bond donors (Lipinski definition) is 1. The quantitative estimate of drug-likeness (QED) is 0.505. The zero-order valence-corrected chi connectivity index (χ0v) is 16.5. The average molecular weight is 410 g/mol. The topological polar surface area (TPSA) is 67.8 Å². The fraction of sp³-hybridized carbons (Fsp3) is 0.100. The summed E-state index contributed by atoms with van der Waals surface area (Å²) in [6, 6.07) is 12.0. The summed E-state index contributed by atoms with van der Waals surface area (Å²) in [7, 11) is 0. The van der Waals surface area contributed by atoms with Gasteiger partial charge in [0.05, 0.1) is 17.6 Å². The highest BCUT2D eigenvalue weighted by Crippen LogP contribution is 2.27. The van der Waals surface area contributed by atoms with Crippen molar-refractivity contribution >= 4 is 33.7 Å². The fourth-order valence-corrected chi connectivity index (χ4v) is 4.36. The molecular weight excluding hydrogens is 395 g/mol. The molecule has 3 aromatic heterocycles. The van der Waals surface area contributed by atoms with E-state index in [-0.39, 0.29) is 11.7 Å². The summed E-state index contributed by atoms with van der Waals surface area (Å²) in [5.74, 6) is -0.505. The van der Waals surface area contributed by atoms with Gasteiger partial charge in [0.15, 0.2) is 5.13 Å². The van der Waals surface area contributed by atoms with Crippen molar-refractivity contribution in [1.82, 2.24) is 15.0 Å². The Morgan fingerprint density at radius 1 is 1.11 bits per heavy atom. The monoisotopic (exact) mass is 410 g/mol. The van der Waals surface area contributed by atoms with Gasteiger partial charge in [0.2, 0.25) is 0 Å². The van der Waals surface area contributed by atoms with Crippen LogP contribution in [-0.2, 0) is 6.42 Å². The highest BCUT2D eigenvalue weighted by Gasteiger charge is 2.15. The molecule has 0 bridgehead atoms. The lowest BCUT2D eigenvalue weighted by Gasteiger charge is -1.99.